The summed E-state index contributed by atoms with van der Waals surface area (Å²) < 4.78 is 5.55. The summed E-state index contributed by atoms with van der Waals surface area (Å²) in [6.07, 6.45) is 6.97. The summed E-state index contributed by atoms with van der Waals surface area (Å²) in [4.78, 5) is 32.5. The molecule has 2 atom stereocenters. The number of carbonyl (C=O) groups is 2. The van der Waals surface area contributed by atoms with E-state index >= 15 is 0 Å². The summed E-state index contributed by atoms with van der Waals surface area (Å²) in [6, 6.07) is 2.12. The number of amides is 2. The number of anilines is 1. The molecule has 2 aromatic rings. The first-order valence-corrected chi connectivity index (χ1v) is 10.8. The van der Waals surface area contributed by atoms with E-state index in [4.69, 9.17) is 4.74 Å². The lowest BCUT2D eigenvalue weighted by Gasteiger charge is -2.22. The molecule has 31 heavy (non-hydrogen) atoms. The maximum Gasteiger partial charge on any atom is 0.253 e. The molecule has 8 heteroatoms. The minimum Gasteiger partial charge on any atom is -0.377 e. The second kappa shape index (κ2) is 7.85. The van der Waals surface area contributed by atoms with Gasteiger partial charge in [0.05, 0.1) is 36.6 Å². The van der Waals surface area contributed by atoms with Crippen LogP contribution in [0, 0.1) is 6.92 Å². The normalized spacial score (nSPS) is 21.7. The first-order valence-electron chi connectivity index (χ1n) is 10.8. The Kier molecular flexibility index (Phi) is 5.02. The molecule has 3 aliphatic rings. The molecule has 0 bridgehead atoms. The smallest absolute Gasteiger partial charge is 0.253 e. The van der Waals surface area contributed by atoms with E-state index in [1.165, 1.54) is 6.08 Å². The Labute approximate surface area is 180 Å². The maximum atomic E-state index is 12.8. The molecule has 162 valence electrons. The molecule has 5 rings (SSSR count). The molecule has 2 fully saturated rings. The van der Waals surface area contributed by atoms with Gasteiger partial charge in [0.1, 0.15) is 5.82 Å². The SMILES string of the molecule is C=CC(=O)NC1COCC1Nc1cc2c(cn1)CCc1c-2[nH]c(C)c1C(=O)NC1CC1. The van der Waals surface area contributed by atoms with Crippen LogP contribution in [0.5, 0.6) is 0 Å². The van der Waals surface area contributed by atoms with E-state index in [2.05, 4.69) is 32.5 Å². The molecule has 3 heterocycles. The molecule has 0 aromatic carbocycles. The Hall–Kier alpha value is -3.13. The van der Waals surface area contributed by atoms with Gasteiger partial charge in [-0.3, -0.25) is 9.59 Å². The zero-order chi connectivity index (χ0) is 21.5. The van der Waals surface area contributed by atoms with E-state index in [9.17, 15) is 9.59 Å². The Morgan fingerprint density at radius 1 is 1.23 bits per heavy atom. The Morgan fingerprint density at radius 3 is 2.81 bits per heavy atom. The minimum absolute atomic E-state index is 0.0252. The molecular formula is C23H27N5O3. The molecule has 0 spiro atoms. The summed E-state index contributed by atoms with van der Waals surface area (Å²) in [5.74, 6) is 0.526. The van der Waals surface area contributed by atoms with Gasteiger partial charge in [-0.1, -0.05) is 6.58 Å². The van der Waals surface area contributed by atoms with Crippen molar-refractivity contribution in [2.24, 2.45) is 0 Å². The Morgan fingerprint density at radius 2 is 2.03 bits per heavy atom. The molecule has 0 radical (unpaired) electrons. The third-order valence-corrected chi connectivity index (χ3v) is 6.26. The van der Waals surface area contributed by atoms with E-state index in [-0.39, 0.29) is 23.9 Å². The number of rotatable bonds is 6. The number of H-pyrrole nitrogens is 1. The van der Waals surface area contributed by atoms with Crippen LogP contribution in [0.3, 0.4) is 0 Å². The van der Waals surface area contributed by atoms with Crippen molar-refractivity contribution in [3.8, 4) is 11.3 Å². The molecule has 2 unspecified atom stereocenters. The number of nitrogens with zero attached hydrogens (tertiary/aromatic N) is 1. The van der Waals surface area contributed by atoms with Crippen molar-refractivity contribution in [1.82, 2.24) is 20.6 Å². The number of hydrogen-bond donors (Lipinski definition) is 4. The highest BCUT2D eigenvalue weighted by Gasteiger charge is 2.32. The highest BCUT2D eigenvalue weighted by Crippen LogP contribution is 2.37. The predicted octanol–water partition coefficient (Wildman–Crippen LogP) is 1.86. The summed E-state index contributed by atoms with van der Waals surface area (Å²) in [7, 11) is 0. The molecule has 1 saturated heterocycles. The molecule has 2 aliphatic carbocycles. The van der Waals surface area contributed by atoms with Crippen LogP contribution in [-0.4, -0.2) is 53.1 Å². The molecular weight excluding hydrogens is 394 g/mol. The predicted molar refractivity (Wildman–Crippen MR) is 117 cm³/mol. The van der Waals surface area contributed by atoms with Crippen LogP contribution in [0.2, 0.25) is 0 Å². The minimum atomic E-state index is -0.218. The van der Waals surface area contributed by atoms with Gasteiger partial charge in [-0.2, -0.15) is 0 Å². The Balaban J connectivity index is 1.40. The summed E-state index contributed by atoms with van der Waals surface area (Å²) >= 11 is 0. The molecule has 2 amide bonds. The van der Waals surface area contributed by atoms with Gasteiger partial charge in [0.25, 0.3) is 5.91 Å². The fourth-order valence-electron chi connectivity index (χ4n) is 4.47. The molecule has 1 aliphatic heterocycles. The largest absolute Gasteiger partial charge is 0.377 e. The summed E-state index contributed by atoms with van der Waals surface area (Å²) in [5, 5.41) is 9.42. The fraction of sp³-hybridized carbons (Fsp3) is 0.435. The third-order valence-electron chi connectivity index (χ3n) is 6.26. The monoisotopic (exact) mass is 421 g/mol. The van der Waals surface area contributed by atoms with Gasteiger partial charge in [-0.15, -0.1) is 0 Å². The lowest BCUT2D eigenvalue weighted by atomic mass is 9.89. The zero-order valence-electron chi connectivity index (χ0n) is 17.6. The number of nitrogens with one attached hydrogen (secondary N) is 4. The highest BCUT2D eigenvalue weighted by molar-refractivity contribution is 5.99. The third kappa shape index (κ3) is 3.83. The Bertz CT molecular complexity index is 1060. The number of ether oxygens (including phenoxy) is 1. The first kappa shape index (κ1) is 19.8. The van der Waals surface area contributed by atoms with Crippen molar-refractivity contribution in [1.29, 1.82) is 0 Å². The molecule has 4 N–H and O–H groups in total. The van der Waals surface area contributed by atoms with Gasteiger partial charge in [0.2, 0.25) is 5.91 Å². The highest BCUT2D eigenvalue weighted by atomic mass is 16.5. The quantitative estimate of drug-likeness (QED) is 0.533. The second-order valence-electron chi connectivity index (χ2n) is 8.56. The topological polar surface area (TPSA) is 108 Å². The van der Waals surface area contributed by atoms with Crippen LogP contribution in [0.25, 0.3) is 11.3 Å². The van der Waals surface area contributed by atoms with E-state index in [0.717, 1.165) is 65.1 Å². The lowest BCUT2D eigenvalue weighted by molar-refractivity contribution is -0.117. The van der Waals surface area contributed by atoms with Gasteiger partial charge in [0.15, 0.2) is 0 Å². The van der Waals surface area contributed by atoms with Crippen molar-refractivity contribution in [2.45, 2.75) is 50.7 Å². The van der Waals surface area contributed by atoms with Crippen LogP contribution >= 0.6 is 0 Å². The van der Waals surface area contributed by atoms with Crippen LogP contribution in [0.4, 0.5) is 5.82 Å². The first-order chi connectivity index (χ1) is 15.0. The van der Waals surface area contributed by atoms with Gasteiger partial charge in [0, 0.05) is 23.5 Å². The van der Waals surface area contributed by atoms with E-state index < -0.39 is 0 Å². The van der Waals surface area contributed by atoms with E-state index in [0.29, 0.717) is 19.3 Å². The lowest BCUT2D eigenvalue weighted by Crippen LogP contribution is -2.45. The summed E-state index contributed by atoms with van der Waals surface area (Å²) in [6.45, 7) is 6.40. The van der Waals surface area contributed by atoms with Crippen molar-refractivity contribution >= 4 is 17.6 Å². The average molecular weight is 422 g/mol. The number of fused-ring (bicyclic) bond motifs is 3. The maximum absolute atomic E-state index is 12.8. The number of carbonyl (C=O) groups excluding carboxylic acids is 2. The van der Waals surface area contributed by atoms with E-state index in [1.807, 2.05) is 19.2 Å². The van der Waals surface area contributed by atoms with Crippen LogP contribution in [-0.2, 0) is 22.4 Å². The van der Waals surface area contributed by atoms with Crippen LogP contribution < -0.4 is 16.0 Å². The van der Waals surface area contributed by atoms with Crippen molar-refractivity contribution < 1.29 is 14.3 Å². The zero-order valence-corrected chi connectivity index (χ0v) is 17.6. The van der Waals surface area contributed by atoms with Crippen molar-refractivity contribution in [3.63, 3.8) is 0 Å². The number of aromatic amines is 1. The number of aryl methyl sites for hydroxylation is 2. The number of pyridine rings is 1. The van der Waals surface area contributed by atoms with Crippen molar-refractivity contribution in [3.05, 3.63) is 47.3 Å². The number of aromatic nitrogens is 2. The van der Waals surface area contributed by atoms with Gasteiger partial charge in [-0.25, -0.2) is 4.98 Å². The van der Waals surface area contributed by atoms with Gasteiger partial charge < -0.3 is 25.7 Å². The fourth-order valence-corrected chi connectivity index (χ4v) is 4.47. The molecule has 2 aromatic heterocycles. The molecule has 1 saturated carbocycles. The van der Waals surface area contributed by atoms with Crippen LogP contribution in [0.15, 0.2) is 24.9 Å². The van der Waals surface area contributed by atoms with Crippen LogP contribution in [0.1, 0.15) is 40.0 Å². The van der Waals surface area contributed by atoms with Gasteiger partial charge >= 0.3 is 0 Å². The summed E-state index contributed by atoms with van der Waals surface area (Å²) in [5.41, 5.74) is 6.00. The number of hydrogen-bond acceptors (Lipinski definition) is 5. The van der Waals surface area contributed by atoms with E-state index in [1.54, 1.807) is 0 Å². The second-order valence-corrected chi connectivity index (χ2v) is 8.56. The van der Waals surface area contributed by atoms with Crippen molar-refractivity contribution in [2.75, 3.05) is 18.5 Å². The molecule has 8 nitrogen and oxygen atoms in total. The standard InChI is InChI=1S/C23H27N5O3/c1-3-20(29)28-18-11-31-10-17(18)27-19-8-16-13(9-24-19)4-7-15-21(12(2)25-22(15)16)23(30)26-14-5-6-14/h3,8-9,14,17-18,25H,1,4-7,10-11H2,2H3,(H,24,27)(H,26,30)(H,28,29). The average Bonchev–Trinajstić information content (AvgIpc) is 3.35. The van der Waals surface area contributed by atoms with Gasteiger partial charge in [-0.05, 0) is 55.9 Å².